The Balaban J connectivity index is 1.43. The topological polar surface area (TPSA) is 79.1 Å². The van der Waals surface area contributed by atoms with E-state index in [1.165, 1.54) is 0 Å². The summed E-state index contributed by atoms with van der Waals surface area (Å²) in [6.45, 7) is 5.68. The molecule has 152 valence electrons. The van der Waals surface area contributed by atoms with E-state index >= 15 is 0 Å². The van der Waals surface area contributed by atoms with E-state index in [9.17, 15) is 9.50 Å². The van der Waals surface area contributed by atoms with Gasteiger partial charge < -0.3 is 15.3 Å². The van der Waals surface area contributed by atoms with Gasteiger partial charge in [-0.15, -0.1) is 0 Å². The third-order valence-electron chi connectivity index (χ3n) is 5.14. The number of aliphatic hydroxyl groups is 1. The molecule has 0 spiro atoms. The molecular weight excluding hydrogens is 371 g/mol. The minimum Gasteiger partial charge on any atom is -0.393 e. The first kappa shape index (κ1) is 19.3. The molecule has 1 aliphatic rings. The van der Waals surface area contributed by atoms with Gasteiger partial charge in [0.1, 0.15) is 11.6 Å². The van der Waals surface area contributed by atoms with Gasteiger partial charge in [-0.25, -0.2) is 14.1 Å². The highest BCUT2D eigenvalue weighted by molar-refractivity contribution is 5.50. The van der Waals surface area contributed by atoms with Crippen LogP contribution in [0, 0.1) is 19.7 Å². The van der Waals surface area contributed by atoms with E-state index in [1.807, 2.05) is 36.9 Å². The van der Waals surface area contributed by atoms with Gasteiger partial charge in [-0.2, -0.15) is 5.10 Å². The highest BCUT2D eigenvalue weighted by Gasteiger charge is 2.19. The first-order chi connectivity index (χ1) is 14.0. The second-order valence-corrected chi connectivity index (χ2v) is 7.46. The highest BCUT2D eigenvalue weighted by Crippen LogP contribution is 2.24. The summed E-state index contributed by atoms with van der Waals surface area (Å²) in [7, 11) is 0. The maximum absolute atomic E-state index is 14.6. The van der Waals surface area contributed by atoms with Crippen molar-refractivity contribution in [2.75, 3.05) is 23.3 Å². The minimum atomic E-state index is -0.274. The van der Waals surface area contributed by atoms with Crippen LogP contribution in [-0.4, -0.2) is 44.0 Å². The van der Waals surface area contributed by atoms with E-state index in [-0.39, 0.29) is 11.9 Å². The molecule has 0 atom stereocenters. The Hall–Kier alpha value is -3.00. The van der Waals surface area contributed by atoms with Crippen LogP contribution in [0.3, 0.4) is 0 Å². The zero-order valence-electron chi connectivity index (χ0n) is 16.6. The van der Waals surface area contributed by atoms with Crippen LogP contribution in [0.5, 0.6) is 0 Å². The van der Waals surface area contributed by atoms with Gasteiger partial charge in [0.25, 0.3) is 0 Å². The number of aromatic nitrogens is 4. The van der Waals surface area contributed by atoms with Gasteiger partial charge >= 0.3 is 0 Å². The van der Waals surface area contributed by atoms with Crippen molar-refractivity contribution in [2.45, 2.75) is 39.3 Å². The Morgan fingerprint density at radius 1 is 1.17 bits per heavy atom. The van der Waals surface area contributed by atoms with Gasteiger partial charge in [-0.3, -0.25) is 4.98 Å². The molecule has 1 aromatic carbocycles. The smallest absolute Gasteiger partial charge is 0.174 e. The van der Waals surface area contributed by atoms with Crippen LogP contribution >= 0.6 is 0 Å². The molecule has 8 heteroatoms. The Bertz CT molecular complexity index is 997. The SMILES string of the molecule is Cc1cc(C)n(-c2cncc(NCc3ccc(N4CCC(O)CC4)c(F)c3)n2)n1. The van der Waals surface area contributed by atoms with Crippen LogP contribution in [0.2, 0.25) is 0 Å². The van der Waals surface area contributed by atoms with Crippen molar-refractivity contribution in [3.8, 4) is 5.82 Å². The molecule has 2 N–H and O–H groups in total. The van der Waals surface area contributed by atoms with Crippen LogP contribution < -0.4 is 10.2 Å². The molecule has 0 bridgehead atoms. The molecule has 2 aromatic heterocycles. The summed E-state index contributed by atoms with van der Waals surface area (Å²) in [6.07, 6.45) is 4.37. The summed E-state index contributed by atoms with van der Waals surface area (Å²) in [4.78, 5) is 10.8. The monoisotopic (exact) mass is 396 g/mol. The molecule has 1 fully saturated rings. The third-order valence-corrected chi connectivity index (χ3v) is 5.14. The molecule has 29 heavy (non-hydrogen) atoms. The zero-order chi connectivity index (χ0) is 20.4. The number of rotatable bonds is 5. The molecule has 1 saturated heterocycles. The fourth-order valence-electron chi connectivity index (χ4n) is 3.62. The maximum atomic E-state index is 14.6. The molecule has 7 nitrogen and oxygen atoms in total. The first-order valence-corrected chi connectivity index (χ1v) is 9.80. The first-order valence-electron chi connectivity index (χ1n) is 9.80. The molecule has 0 amide bonds. The second kappa shape index (κ2) is 8.16. The van der Waals surface area contributed by atoms with Crippen LogP contribution in [0.25, 0.3) is 5.82 Å². The maximum Gasteiger partial charge on any atom is 0.174 e. The van der Waals surface area contributed by atoms with Gasteiger partial charge in [0.2, 0.25) is 0 Å². The van der Waals surface area contributed by atoms with Crippen molar-refractivity contribution in [2.24, 2.45) is 0 Å². The summed E-state index contributed by atoms with van der Waals surface area (Å²) < 4.78 is 16.4. The molecule has 0 aliphatic carbocycles. The largest absolute Gasteiger partial charge is 0.393 e. The Morgan fingerprint density at radius 3 is 2.66 bits per heavy atom. The van der Waals surface area contributed by atoms with Crippen molar-refractivity contribution in [3.63, 3.8) is 0 Å². The van der Waals surface area contributed by atoms with Crippen molar-refractivity contribution in [3.05, 3.63) is 59.4 Å². The van der Waals surface area contributed by atoms with E-state index in [0.29, 0.717) is 49.8 Å². The number of anilines is 2. The molecule has 0 saturated carbocycles. The van der Waals surface area contributed by atoms with Crippen molar-refractivity contribution in [1.82, 2.24) is 19.7 Å². The fourth-order valence-corrected chi connectivity index (χ4v) is 3.62. The van der Waals surface area contributed by atoms with E-state index in [0.717, 1.165) is 17.0 Å². The normalized spacial score (nSPS) is 15.0. The summed E-state index contributed by atoms with van der Waals surface area (Å²) in [5.41, 5.74) is 3.31. The number of halogens is 1. The number of benzene rings is 1. The van der Waals surface area contributed by atoms with E-state index < -0.39 is 0 Å². The van der Waals surface area contributed by atoms with Crippen LogP contribution in [0.15, 0.2) is 36.7 Å². The van der Waals surface area contributed by atoms with Gasteiger partial charge in [0.05, 0.1) is 29.9 Å². The Morgan fingerprint density at radius 2 is 1.97 bits per heavy atom. The van der Waals surface area contributed by atoms with Gasteiger partial charge in [0.15, 0.2) is 5.82 Å². The lowest BCUT2D eigenvalue weighted by molar-refractivity contribution is 0.145. The summed E-state index contributed by atoms with van der Waals surface area (Å²) in [6, 6.07) is 7.25. The lowest BCUT2D eigenvalue weighted by atomic mass is 10.1. The predicted molar refractivity (Wildman–Crippen MR) is 110 cm³/mol. The van der Waals surface area contributed by atoms with Gasteiger partial charge in [-0.05, 0) is 50.5 Å². The van der Waals surface area contributed by atoms with Gasteiger partial charge in [-0.1, -0.05) is 6.07 Å². The number of nitrogens with one attached hydrogen (secondary N) is 1. The molecular formula is C21H25FN6O. The van der Waals surface area contributed by atoms with Gasteiger partial charge in [0, 0.05) is 25.3 Å². The van der Waals surface area contributed by atoms with Crippen LogP contribution in [0.4, 0.5) is 15.9 Å². The molecule has 4 rings (SSSR count). The Kier molecular flexibility index (Phi) is 5.44. The quantitative estimate of drug-likeness (QED) is 0.690. The standard InChI is InChI=1S/C21H25FN6O/c1-14-9-15(2)28(26-14)21-13-23-12-20(25-21)24-11-16-3-4-19(18(22)10-16)27-7-5-17(29)6-8-27/h3-4,9-10,12-13,17,29H,5-8,11H2,1-2H3,(H,24,25). The molecule has 0 unspecified atom stereocenters. The summed E-state index contributed by atoms with van der Waals surface area (Å²) in [5.74, 6) is 0.988. The number of hydrogen-bond acceptors (Lipinski definition) is 6. The number of aryl methyl sites for hydroxylation is 2. The second-order valence-electron chi connectivity index (χ2n) is 7.46. The van der Waals surface area contributed by atoms with E-state index in [2.05, 4.69) is 20.4 Å². The number of nitrogens with zero attached hydrogens (tertiary/aromatic N) is 5. The van der Waals surface area contributed by atoms with Crippen LogP contribution in [0.1, 0.15) is 29.8 Å². The Labute approximate surface area is 169 Å². The molecule has 0 radical (unpaired) electrons. The van der Waals surface area contributed by atoms with Crippen molar-refractivity contribution < 1.29 is 9.50 Å². The summed E-state index contributed by atoms with van der Waals surface area (Å²) >= 11 is 0. The average molecular weight is 396 g/mol. The lowest BCUT2D eigenvalue weighted by Gasteiger charge is -2.31. The fraction of sp³-hybridized carbons (Fsp3) is 0.381. The lowest BCUT2D eigenvalue weighted by Crippen LogP contribution is -2.36. The molecule has 3 aromatic rings. The van der Waals surface area contributed by atoms with Crippen LogP contribution in [-0.2, 0) is 6.54 Å². The van der Waals surface area contributed by atoms with E-state index in [1.54, 1.807) is 23.1 Å². The average Bonchev–Trinajstić information content (AvgIpc) is 3.06. The predicted octanol–water partition coefficient (Wildman–Crippen LogP) is 2.99. The van der Waals surface area contributed by atoms with E-state index in [4.69, 9.17) is 0 Å². The highest BCUT2D eigenvalue weighted by atomic mass is 19.1. The number of aliphatic hydroxyl groups excluding tert-OH is 1. The molecule has 3 heterocycles. The summed E-state index contributed by atoms with van der Waals surface area (Å²) in [5, 5.41) is 17.3. The molecule has 1 aliphatic heterocycles. The van der Waals surface area contributed by atoms with Crippen molar-refractivity contribution in [1.29, 1.82) is 0 Å². The zero-order valence-corrected chi connectivity index (χ0v) is 16.6. The number of piperidine rings is 1. The third kappa shape index (κ3) is 4.37. The van der Waals surface area contributed by atoms with Crippen molar-refractivity contribution >= 4 is 11.5 Å². The number of hydrogen-bond donors (Lipinski definition) is 2. The minimum absolute atomic E-state index is 0.247.